The summed E-state index contributed by atoms with van der Waals surface area (Å²) in [6.45, 7) is 13.5. The summed E-state index contributed by atoms with van der Waals surface area (Å²) < 4.78 is 11.4. The highest BCUT2D eigenvalue weighted by atomic mass is 16.5. The fraction of sp³-hybridized carbons (Fsp3) is 0.833. The lowest BCUT2D eigenvalue weighted by Gasteiger charge is -2.60. The second-order valence-electron chi connectivity index (χ2n) is 13.6. The standard InChI is InChI=1S/C30H45NO4/c1-18(7-12-26-31-28(3,4)17-34-26)23-10-11-24-22-9-8-20-15-21(35-19(2)32)13-14-29(20,5)27(22)25(33)16-30(23,24)6/h7,12,18,20-24,27H,8-11,13-17H2,1-6H3/t18-,20-,21-,22+,23-,24+,27-,29+,30-/m1/s1. The molecule has 0 aromatic rings. The number of allylic oxidation sites excluding steroid dienone is 1. The topological polar surface area (TPSA) is 65.0 Å². The van der Waals surface area contributed by atoms with Gasteiger partial charge in [0.1, 0.15) is 18.5 Å². The Hall–Kier alpha value is -1.65. The Balaban J connectivity index is 1.32. The van der Waals surface area contributed by atoms with Crippen molar-refractivity contribution in [2.75, 3.05) is 6.61 Å². The highest BCUT2D eigenvalue weighted by Crippen LogP contribution is 2.67. The Morgan fingerprint density at radius 3 is 2.57 bits per heavy atom. The Morgan fingerprint density at radius 2 is 1.89 bits per heavy atom. The average molecular weight is 484 g/mol. The van der Waals surface area contributed by atoms with Gasteiger partial charge in [-0.1, -0.05) is 26.8 Å². The van der Waals surface area contributed by atoms with Gasteiger partial charge in [-0.3, -0.25) is 9.59 Å². The highest BCUT2D eigenvalue weighted by Gasteiger charge is 2.63. The fourth-order valence-electron chi connectivity index (χ4n) is 9.34. The lowest BCUT2D eigenvalue weighted by atomic mass is 9.44. The molecule has 5 aliphatic rings. The zero-order valence-corrected chi connectivity index (χ0v) is 22.6. The Morgan fingerprint density at radius 1 is 1.11 bits per heavy atom. The molecule has 0 unspecified atom stereocenters. The maximum Gasteiger partial charge on any atom is 0.302 e. The number of ether oxygens (including phenoxy) is 2. The number of esters is 1. The molecule has 5 heteroatoms. The van der Waals surface area contributed by atoms with Crippen molar-refractivity contribution in [1.82, 2.24) is 0 Å². The lowest BCUT2D eigenvalue weighted by Crippen LogP contribution is -2.58. The van der Waals surface area contributed by atoms with E-state index in [9.17, 15) is 9.59 Å². The summed E-state index contributed by atoms with van der Waals surface area (Å²) in [5.74, 6) is 3.83. The molecule has 35 heavy (non-hydrogen) atoms. The third-order valence-electron chi connectivity index (χ3n) is 10.9. The van der Waals surface area contributed by atoms with Crippen molar-refractivity contribution in [3.8, 4) is 0 Å². The number of carbonyl (C=O) groups excluding carboxylic acids is 2. The number of ketones is 1. The van der Waals surface area contributed by atoms with Gasteiger partial charge in [0.25, 0.3) is 0 Å². The quantitative estimate of drug-likeness (QED) is 0.450. The van der Waals surface area contributed by atoms with E-state index in [1.165, 1.54) is 26.2 Å². The van der Waals surface area contributed by atoms with Crippen LogP contribution in [0.1, 0.15) is 92.9 Å². The minimum atomic E-state index is -0.174. The van der Waals surface area contributed by atoms with Gasteiger partial charge in [0.15, 0.2) is 0 Å². The van der Waals surface area contributed by atoms with Crippen molar-refractivity contribution >= 4 is 17.7 Å². The normalized spacial score (nSPS) is 45.2. The van der Waals surface area contributed by atoms with Gasteiger partial charge in [-0.15, -0.1) is 0 Å². The summed E-state index contributed by atoms with van der Waals surface area (Å²) in [5, 5.41) is 0. The molecule has 0 radical (unpaired) electrons. The molecule has 0 bridgehead atoms. The average Bonchev–Trinajstić information content (AvgIpc) is 3.29. The maximum atomic E-state index is 14.0. The van der Waals surface area contributed by atoms with Crippen LogP contribution in [-0.2, 0) is 19.1 Å². The first-order valence-corrected chi connectivity index (χ1v) is 14.0. The zero-order chi connectivity index (χ0) is 25.2. The molecule has 194 valence electrons. The van der Waals surface area contributed by atoms with E-state index >= 15 is 0 Å². The van der Waals surface area contributed by atoms with E-state index in [-0.39, 0.29) is 34.4 Å². The van der Waals surface area contributed by atoms with Crippen molar-refractivity contribution < 1.29 is 19.1 Å². The van der Waals surface area contributed by atoms with Gasteiger partial charge in [-0.2, -0.15) is 0 Å². The third kappa shape index (κ3) is 4.29. The number of fused-ring (bicyclic) bond motifs is 5. The second kappa shape index (κ2) is 8.73. The van der Waals surface area contributed by atoms with E-state index in [1.54, 1.807) is 0 Å². The van der Waals surface area contributed by atoms with Crippen molar-refractivity contribution in [2.24, 2.45) is 51.3 Å². The number of nitrogens with zero attached hydrogens (tertiary/aromatic N) is 1. The summed E-state index contributed by atoms with van der Waals surface area (Å²) in [6.07, 6.45) is 12.7. The van der Waals surface area contributed by atoms with E-state index in [2.05, 4.69) is 51.8 Å². The molecule has 4 aliphatic carbocycles. The van der Waals surface area contributed by atoms with Crippen LogP contribution in [0.2, 0.25) is 0 Å². The van der Waals surface area contributed by atoms with Crippen LogP contribution >= 0.6 is 0 Å². The van der Waals surface area contributed by atoms with Gasteiger partial charge in [-0.25, -0.2) is 4.99 Å². The van der Waals surface area contributed by atoms with Crippen LogP contribution in [0.4, 0.5) is 0 Å². The summed E-state index contributed by atoms with van der Waals surface area (Å²) >= 11 is 0. The minimum Gasteiger partial charge on any atom is -0.475 e. The molecular weight excluding hydrogens is 438 g/mol. The van der Waals surface area contributed by atoms with Crippen LogP contribution in [0.5, 0.6) is 0 Å². The van der Waals surface area contributed by atoms with Gasteiger partial charge < -0.3 is 9.47 Å². The second-order valence-corrected chi connectivity index (χ2v) is 13.6. The van der Waals surface area contributed by atoms with Gasteiger partial charge >= 0.3 is 5.97 Å². The predicted octanol–water partition coefficient (Wildman–Crippen LogP) is 6.16. The largest absolute Gasteiger partial charge is 0.475 e. The Kier molecular flexibility index (Phi) is 6.24. The first-order valence-electron chi connectivity index (χ1n) is 14.0. The molecule has 0 amide bonds. The molecule has 1 heterocycles. The third-order valence-corrected chi connectivity index (χ3v) is 10.9. The van der Waals surface area contributed by atoms with E-state index < -0.39 is 0 Å². The number of carbonyl (C=O) groups is 2. The minimum absolute atomic E-state index is 0.0357. The molecule has 9 atom stereocenters. The molecule has 5 rings (SSSR count). The number of hydrogen-bond acceptors (Lipinski definition) is 5. The molecule has 0 aromatic carbocycles. The number of rotatable bonds is 4. The van der Waals surface area contributed by atoms with Gasteiger partial charge in [0.05, 0.1) is 5.54 Å². The van der Waals surface area contributed by atoms with Crippen molar-refractivity contribution in [3.05, 3.63) is 12.2 Å². The summed E-state index contributed by atoms with van der Waals surface area (Å²) in [7, 11) is 0. The molecule has 4 saturated carbocycles. The van der Waals surface area contributed by atoms with E-state index in [0.29, 0.717) is 42.0 Å². The monoisotopic (exact) mass is 483 g/mol. The first kappa shape index (κ1) is 25.0. The van der Waals surface area contributed by atoms with Crippen molar-refractivity contribution in [3.63, 3.8) is 0 Å². The molecule has 0 N–H and O–H groups in total. The van der Waals surface area contributed by atoms with Crippen molar-refractivity contribution in [1.29, 1.82) is 0 Å². The van der Waals surface area contributed by atoms with Crippen LogP contribution < -0.4 is 0 Å². The summed E-state index contributed by atoms with van der Waals surface area (Å²) in [4.78, 5) is 30.2. The first-order chi connectivity index (χ1) is 16.4. The Bertz CT molecular complexity index is 937. The van der Waals surface area contributed by atoms with E-state index in [0.717, 1.165) is 38.0 Å². The zero-order valence-electron chi connectivity index (χ0n) is 22.6. The van der Waals surface area contributed by atoms with Crippen LogP contribution in [0.15, 0.2) is 17.1 Å². The van der Waals surface area contributed by atoms with Crippen LogP contribution in [0.25, 0.3) is 0 Å². The predicted molar refractivity (Wildman–Crippen MR) is 137 cm³/mol. The SMILES string of the molecule is CC(=O)O[C@@H]1CC[C@@]2(C)[C@H](CC[C@H]3[C@@H]4CC[C@H]([C@H](C)C=CC5=NC(C)(C)CO5)[C@@]4(C)CC(=O)[C@@H]32)C1. The highest BCUT2D eigenvalue weighted by molar-refractivity contribution is 5.89. The molecule has 4 fully saturated rings. The fourth-order valence-corrected chi connectivity index (χ4v) is 9.34. The van der Waals surface area contributed by atoms with Gasteiger partial charge in [-0.05, 0) is 105 Å². The number of hydrogen-bond donors (Lipinski definition) is 0. The molecular formula is C30H45NO4. The van der Waals surface area contributed by atoms with Crippen LogP contribution in [0.3, 0.4) is 0 Å². The number of aliphatic imine (C=N–C) groups is 1. The van der Waals surface area contributed by atoms with E-state index in [4.69, 9.17) is 9.47 Å². The van der Waals surface area contributed by atoms with Crippen LogP contribution in [-0.4, -0.2) is 35.9 Å². The van der Waals surface area contributed by atoms with E-state index in [1.807, 2.05) is 0 Å². The molecule has 0 aromatic heterocycles. The lowest BCUT2D eigenvalue weighted by molar-refractivity contribution is -0.169. The van der Waals surface area contributed by atoms with Crippen molar-refractivity contribution in [2.45, 2.75) is 105 Å². The molecule has 0 saturated heterocycles. The summed E-state index contributed by atoms with van der Waals surface area (Å²) in [5.41, 5.74) is 0.00846. The molecule has 5 nitrogen and oxygen atoms in total. The number of Topliss-reactive ketones (excluding diaryl/α,β-unsaturated/α-hetero) is 1. The van der Waals surface area contributed by atoms with Gasteiger partial charge in [0.2, 0.25) is 5.90 Å². The molecule has 1 aliphatic heterocycles. The Labute approximate surface area is 211 Å². The summed E-state index contributed by atoms with van der Waals surface area (Å²) in [6, 6.07) is 0. The maximum absolute atomic E-state index is 14.0. The van der Waals surface area contributed by atoms with Gasteiger partial charge in [0, 0.05) is 19.3 Å². The molecule has 0 spiro atoms. The van der Waals surface area contributed by atoms with Crippen LogP contribution in [0, 0.1) is 46.3 Å². The smallest absolute Gasteiger partial charge is 0.302 e.